The third-order valence-electron chi connectivity index (χ3n) is 5.36. The predicted octanol–water partition coefficient (Wildman–Crippen LogP) is 3.10. The van der Waals surface area contributed by atoms with Crippen LogP contribution in [0.15, 0.2) is 42.6 Å². The first-order chi connectivity index (χ1) is 14.5. The van der Waals surface area contributed by atoms with E-state index in [-0.39, 0.29) is 24.3 Å². The molecule has 8 nitrogen and oxygen atoms in total. The van der Waals surface area contributed by atoms with Crippen LogP contribution in [0, 0.1) is 0 Å². The second kappa shape index (κ2) is 8.52. The lowest BCUT2D eigenvalue weighted by Gasteiger charge is -2.17. The first-order valence-corrected chi connectivity index (χ1v) is 10.1. The zero-order valence-corrected chi connectivity index (χ0v) is 17.2. The van der Waals surface area contributed by atoms with Gasteiger partial charge >= 0.3 is 12.0 Å². The zero-order chi connectivity index (χ0) is 21.1. The zero-order valence-electron chi connectivity index (χ0n) is 17.2. The molecular formula is C22H25N5O3. The second-order valence-corrected chi connectivity index (χ2v) is 7.42. The van der Waals surface area contributed by atoms with Crippen LogP contribution in [0.5, 0.6) is 0 Å². The molecule has 0 bridgehead atoms. The number of ether oxygens (including phenoxy) is 1. The van der Waals surface area contributed by atoms with Gasteiger partial charge in [0.2, 0.25) is 0 Å². The average molecular weight is 407 g/mol. The van der Waals surface area contributed by atoms with Crippen LogP contribution in [-0.2, 0) is 23.0 Å². The van der Waals surface area contributed by atoms with Crippen molar-refractivity contribution in [3.05, 3.63) is 54.0 Å². The van der Waals surface area contributed by atoms with Crippen LogP contribution in [0.2, 0.25) is 0 Å². The van der Waals surface area contributed by atoms with E-state index in [0.717, 1.165) is 29.0 Å². The van der Waals surface area contributed by atoms with Crippen molar-refractivity contribution in [1.29, 1.82) is 0 Å². The molecule has 1 aliphatic heterocycles. The van der Waals surface area contributed by atoms with Gasteiger partial charge in [-0.1, -0.05) is 12.1 Å². The maximum atomic E-state index is 12.7. The maximum absolute atomic E-state index is 12.7. The number of carbonyl (C=O) groups is 2. The Morgan fingerprint density at radius 3 is 2.77 bits per heavy atom. The molecular weight excluding hydrogens is 382 g/mol. The molecule has 30 heavy (non-hydrogen) atoms. The molecule has 0 aliphatic carbocycles. The fourth-order valence-corrected chi connectivity index (χ4v) is 3.85. The van der Waals surface area contributed by atoms with E-state index in [9.17, 15) is 9.59 Å². The molecule has 4 rings (SSSR count). The number of pyridine rings is 1. The molecule has 1 aliphatic rings. The molecule has 1 saturated heterocycles. The number of aryl methyl sites for hydroxylation is 1. The Morgan fingerprint density at radius 1 is 1.23 bits per heavy atom. The highest BCUT2D eigenvalue weighted by Crippen LogP contribution is 2.28. The van der Waals surface area contributed by atoms with E-state index < -0.39 is 0 Å². The van der Waals surface area contributed by atoms with Gasteiger partial charge in [0.05, 0.1) is 13.0 Å². The molecule has 0 saturated carbocycles. The molecule has 3 aromatic rings. The Bertz CT molecular complexity index is 1060. The Labute approximate surface area is 174 Å². The molecule has 2 amide bonds. The van der Waals surface area contributed by atoms with Crippen LogP contribution in [0.3, 0.4) is 0 Å². The van der Waals surface area contributed by atoms with Crippen molar-refractivity contribution in [2.45, 2.75) is 25.7 Å². The van der Waals surface area contributed by atoms with Crippen LogP contribution in [-0.4, -0.2) is 51.1 Å². The lowest BCUT2D eigenvalue weighted by atomic mass is 10.1. The number of urea groups is 1. The second-order valence-electron chi connectivity index (χ2n) is 7.42. The van der Waals surface area contributed by atoms with E-state index >= 15 is 0 Å². The molecule has 1 atom stereocenters. The van der Waals surface area contributed by atoms with Gasteiger partial charge in [-0.05, 0) is 43.2 Å². The summed E-state index contributed by atoms with van der Waals surface area (Å²) in [6.07, 6.45) is 2.85. The summed E-state index contributed by atoms with van der Waals surface area (Å²) >= 11 is 0. The van der Waals surface area contributed by atoms with Gasteiger partial charge in [-0.15, -0.1) is 0 Å². The molecule has 0 unspecified atom stereocenters. The van der Waals surface area contributed by atoms with Crippen molar-refractivity contribution < 1.29 is 14.3 Å². The van der Waals surface area contributed by atoms with Gasteiger partial charge < -0.3 is 19.5 Å². The Kier molecular flexibility index (Phi) is 5.65. The van der Waals surface area contributed by atoms with Gasteiger partial charge in [-0.3, -0.25) is 4.79 Å². The maximum Gasteiger partial charge on any atom is 0.321 e. The lowest BCUT2D eigenvalue weighted by Crippen LogP contribution is -2.33. The Hall–Kier alpha value is -3.42. The highest BCUT2D eigenvalue weighted by atomic mass is 16.5. The van der Waals surface area contributed by atoms with Crippen LogP contribution in [0.4, 0.5) is 10.5 Å². The third kappa shape index (κ3) is 4.12. The molecule has 0 spiro atoms. The van der Waals surface area contributed by atoms with Crippen LogP contribution < -0.4 is 5.32 Å². The molecule has 0 radical (unpaired) electrons. The highest BCUT2D eigenvalue weighted by molar-refractivity contribution is 5.89. The highest BCUT2D eigenvalue weighted by Gasteiger charge is 2.30. The number of esters is 1. The largest absolute Gasteiger partial charge is 0.466 e. The lowest BCUT2D eigenvalue weighted by molar-refractivity contribution is -0.142. The number of amides is 2. The quantitative estimate of drug-likeness (QED) is 0.657. The summed E-state index contributed by atoms with van der Waals surface area (Å²) in [5.74, 6) is 0.888. The van der Waals surface area contributed by atoms with Gasteiger partial charge in [0.25, 0.3) is 0 Å². The van der Waals surface area contributed by atoms with Crippen molar-refractivity contribution in [3.63, 3.8) is 0 Å². The van der Waals surface area contributed by atoms with Crippen molar-refractivity contribution in [1.82, 2.24) is 19.4 Å². The van der Waals surface area contributed by atoms with E-state index in [1.54, 1.807) is 25.3 Å². The summed E-state index contributed by atoms with van der Waals surface area (Å²) < 4.78 is 6.97. The minimum absolute atomic E-state index is 0.132. The summed E-state index contributed by atoms with van der Waals surface area (Å²) in [5, 5.41) is 2.93. The number of hydrogen-bond donors (Lipinski definition) is 1. The number of nitrogens with zero attached hydrogens (tertiary/aromatic N) is 4. The molecule has 156 valence electrons. The van der Waals surface area contributed by atoms with E-state index in [0.29, 0.717) is 25.4 Å². The molecule has 8 heteroatoms. The number of nitrogens with one attached hydrogen (secondary N) is 1. The fourth-order valence-electron chi connectivity index (χ4n) is 3.85. The third-order valence-corrected chi connectivity index (χ3v) is 5.36. The fraction of sp³-hybridized carbons (Fsp3) is 0.364. The predicted molar refractivity (Wildman–Crippen MR) is 113 cm³/mol. The van der Waals surface area contributed by atoms with Gasteiger partial charge in [0, 0.05) is 37.9 Å². The number of fused-ring (bicyclic) bond motifs is 1. The molecule has 1 fully saturated rings. The normalized spacial score (nSPS) is 16.1. The topological polar surface area (TPSA) is 89.3 Å². The summed E-state index contributed by atoms with van der Waals surface area (Å²) in [4.78, 5) is 35.2. The first-order valence-electron chi connectivity index (χ1n) is 10.1. The van der Waals surface area contributed by atoms with Gasteiger partial charge in [-0.25, -0.2) is 14.8 Å². The van der Waals surface area contributed by atoms with Gasteiger partial charge in [0.15, 0.2) is 5.65 Å². The first kappa shape index (κ1) is 19.9. The van der Waals surface area contributed by atoms with E-state index in [1.807, 2.05) is 40.8 Å². The SMILES string of the molecule is CCOC(=O)Cc1ccc(NC(=O)N2CC[C@H](c3nc4cccnc4n3C)C2)cc1. The number of carbonyl (C=O) groups excluding carboxylic acids is 2. The Balaban J connectivity index is 1.37. The minimum Gasteiger partial charge on any atom is -0.466 e. The standard InChI is InChI=1S/C22H25N5O3/c1-3-30-19(28)13-15-6-8-17(9-7-15)24-22(29)27-12-10-16(14-27)20-25-18-5-4-11-23-21(18)26(20)2/h4-9,11,16H,3,10,12-14H2,1-2H3,(H,24,29)/t16-/m0/s1. The number of likely N-dealkylation sites (tertiary alicyclic amines) is 1. The molecule has 1 N–H and O–H groups in total. The number of anilines is 1. The van der Waals surface area contributed by atoms with Crippen molar-refractivity contribution in [3.8, 4) is 0 Å². The summed E-state index contributed by atoms with van der Waals surface area (Å²) in [7, 11) is 1.97. The van der Waals surface area contributed by atoms with Crippen LogP contribution in [0.1, 0.15) is 30.7 Å². The van der Waals surface area contributed by atoms with E-state index in [4.69, 9.17) is 9.72 Å². The Morgan fingerprint density at radius 2 is 2.03 bits per heavy atom. The van der Waals surface area contributed by atoms with Gasteiger partial charge in [0.1, 0.15) is 11.3 Å². The average Bonchev–Trinajstić information content (AvgIpc) is 3.35. The summed E-state index contributed by atoms with van der Waals surface area (Å²) in [5.41, 5.74) is 3.28. The van der Waals surface area contributed by atoms with E-state index in [2.05, 4.69) is 10.3 Å². The minimum atomic E-state index is -0.255. The molecule has 1 aromatic carbocycles. The molecule has 2 aromatic heterocycles. The van der Waals surface area contributed by atoms with Crippen LogP contribution >= 0.6 is 0 Å². The van der Waals surface area contributed by atoms with Crippen LogP contribution in [0.25, 0.3) is 11.2 Å². The van der Waals surface area contributed by atoms with Gasteiger partial charge in [-0.2, -0.15) is 0 Å². The summed E-state index contributed by atoms with van der Waals surface area (Å²) in [6, 6.07) is 11.0. The number of aromatic nitrogens is 3. The monoisotopic (exact) mass is 407 g/mol. The number of imidazole rings is 1. The smallest absolute Gasteiger partial charge is 0.321 e. The number of benzene rings is 1. The van der Waals surface area contributed by atoms with Crippen molar-refractivity contribution >= 4 is 28.9 Å². The van der Waals surface area contributed by atoms with Crippen molar-refractivity contribution in [2.75, 3.05) is 25.0 Å². The van der Waals surface area contributed by atoms with E-state index in [1.165, 1.54) is 0 Å². The number of hydrogen-bond acceptors (Lipinski definition) is 5. The number of rotatable bonds is 5. The summed E-state index contributed by atoms with van der Waals surface area (Å²) in [6.45, 7) is 3.44. The molecule has 3 heterocycles. The van der Waals surface area contributed by atoms with Crippen molar-refractivity contribution in [2.24, 2.45) is 7.05 Å².